The number of hydrazone groups is 1. The lowest BCUT2D eigenvalue weighted by molar-refractivity contribution is -0.122. The van der Waals surface area contributed by atoms with Gasteiger partial charge >= 0.3 is 0 Å². The van der Waals surface area contributed by atoms with Crippen LogP contribution >= 0.6 is 0 Å². The van der Waals surface area contributed by atoms with E-state index in [9.17, 15) is 4.79 Å². The summed E-state index contributed by atoms with van der Waals surface area (Å²) in [5.74, 6) is 1.80. The van der Waals surface area contributed by atoms with Crippen molar-refractivity contribution >= 4 is 12.1 Å². The normalized spacial score (nSPS) is 21.1. The van der Waals surface area contributed by atoms with Crippen molar-refractivity contribution in [2.75, 3.05) is 0 Å². The molecule has 0 radical (unpaired) electrons. The summed E-state index contributed by atoms with van der Waals surface area (Å²) in [6.45, 7) is 1.87. The molecule has 1 N–H and O–H groups in total. The van der Waals surface area contributed by atoms with E-state index in [2.05, 4.69) is 22.7 Å². The van der Waals surface area contributed by atoms with E-state index >= 15 is 0 Å². The monoisotopic (exact) mass is 268 g/mol. The lowest BCUT2D eigenvalue weighted by Crippen LogP contribution is -2.20. The standard InChI is InChI=1S/C16H16N2O2/c1-11-7-8-13(20-11)10-17-18-16(19)15-9-14(15)12-5-3-2-4-6-12/h2-8,10,14-15H,9H2,1H3,(H,18,19)/b17-10-/t14-,15+/m0/s1. The Balaban J connectivity index is 1.53. The molecule has 20 heavy (non-hydrogen) atoms. The molecule has 2 atom stereocenters. The van der Waals surface area contributed by atoms with Gasteiger partial charge in [0.25, 0.3) is 0 Å². The minimum atomic E-state index is -0.0293. The van der Waals surface area contributed by atoms with Gasteiger partial charge < -0.3 is 4.42 Å². The molecular formula is C16H16N2O2. The number of nitrogens with zero attached hydrogens (tertiary/aromatic N) is 1. The fraction of sp³-hybridized carbons (Fsp3) is 0.250. The van der Waals surface area contributed by atoms with E-state index in [1.807, 2.05) is 37.3 Å². The molecule has 102 valence electrons. The molecule has 0 spiro atoms. The van der Waals surface area contributed by atoms with Crippen LogP contribution in [0.25, 0.3) is 0 Å². The van der Waals surface area contributed by atoms with Crippen LogP contribution in [0.15, 0.2) is 52.0 Å². The number of benzene rings is 1. The molecule has 4 heteroatoms. The molecule has 1 heterocycles. The van der Waals surface area contributed by atoms with Crippen LogP contribution < -0.4 is 5.43 Å². The number of aryl methyl sites for hydroxylation is 1. The van der Waals surface area contributed by atoms with Crippen LogP contribution in [0, 0.1) is 12.8 Å². The third kappa shape index (κ3) is 2.79. The second-order valence-corrected chi connectivity index (χ2v) is 5.04. The van der Waals surface area contributed by atoms with Crippen LogP contribution in [0.5, 0.6) is 0 Å². The molecule has 1 aromatic heterocycles. The van der Waals surface area contributed by atoms with Crippen molar-refractivity contribution in [1.82, 2.24) is 5.43 Å². The minimum Gasteiger partial charge on any atom is -0.460 e. The highest BCUT2D eigenvalue weighted by Gasteiger charge is 2.43. The zero-order valence-electron chi connectivity index (χ0n) is 11.2. The van der Waals surface area contributed by atoms with E-state index in [1.54, 1.807) is 0 Å². The Hall–Kier alpha value is -2.36. The zero-order valence-corrected chi connectivity index (χ0v) is 11.2. The van der Waals surface area contributed by atoms with Gasteiger partial charge in [-0.1, -0.05) is 30.3 Å². The molecule has 4 nitrogen and oxygen atoms in total. The van der Waals surface area contributed by atoms with Crippen molar-refractivity contribution in [3.63, 3.8) is 0 Å². The SMILES string of the molecule is Cc1ccc(/C=N\NC(=O)[C@@H]2C[C@H]2c2ccccc2)o1. The van der Waals surface area contributed by atoms with Gasteiger partial charge in [0.15, 0.2) is 0 Å². The Morgan fingerprint density at radius 3 is 2.80 bits per heavy atom. The quantitative estimate of drug-likeness (QED) is 0.684. The highest BCUT2D eigenvalue weighted by atomic mass is 16.3. The molecule has 1 aromatic carbocycles. The number of amides is 1. The van der Waals surface area contributed by atoms with Gasteiger partial charge in [0.2, 0.25) is 5.91 Å². The van der Waals surface area contributed by atoms with Gasteiger partial charge in [0, 0.05) is 5.92 Å². The molecule has 1 fully saturated rings. The van der Waals surface area contributed by atoms with E-state index in [0.717, 1.165) is 12.2 Å². The third-order valence-electron chi connectivity index (χ3n) is 3.48. The van der Waals surface area contributed by atoms with Crippen molar-refractivity contribution in [1.29, 1.82) is 0 Å². The molecule has 0 bridgehead atoms. The molecule has 3 rings (SSSR count). The number of carbonyl (C=O) groups excluding carboxylic acids is 1. The number of nitrogens with one attached hydrogen (secondary N) is 1. The Morgan fingerprint density at radius 1 is 1.30 bits per heavy atom. The van der Waals surface area contributed by atoms with Gasteiger partial charge in [-0.25, -0.2) is 5.43 Å². The first-order valence-corrected chi connectivity index (χ1v) is 6.68. The van der Waals surface area contributed by atoms with Crippen molar-refractivity contribution in [3.05, 3.63) is 59.5 Å². The number of hydrogen-bond donors (Lipinski definition) is 1. The molecular weight excluding hydrogens is 252 g/mol. The summed E-state index contributed by atoms with van der Waals surface area (Å²) >= 11 is 0. The van der Waals surface area contributed by atoms with Crippen molar-refractivity contribution in [2.45, 2.75) is 19.3 Å². The summed E-state index contributed by atoms with van der Waals surface area (Å²) in [4.78, 5) is 11.9. The highest BCUT2D eigenvalue weighted by molar-refractivity contribution is 5.84. The van der Waals surface area contributed by atoms with Crippen LogP contribution in [-0.2, 0) is 4.79 Å². The van der Waals surface area contributed by atoms with Gasteiger partial charge in [-0.05, 0) is 37.0 Å². The number of hydrogen-bond acceptors (Lipinski definition) is 3. The highest BCUT2D eigenvalue weighted by Crippen LogP contribution is 2.47. The first kappa shape index (κ1) is 12.7. The average molecular weight is 268 g/mol. The predicted octanol–water partition coefficient (Wildman–Crippen LogP) is 2.84. The zero-order chi connectivity index (χ0) is 13.9. The maximum absolute atomic E-state index is 11.9. The Kier molecular flexibility index (Phi) is 3.37. The summed E-state index contributed by atoms with van der Waals surface area (Å²) < 4.78 is 5.33. The lowest BCUT2D eigenvalue weighted by Gasteiger charge is -1.99. The molecule has 0 aliphatic heterocycles. The summed E-state index contributed by atoms with van der Waals surface area (Å²) in [5.41, 5.74) is 3.79. The fourth-order valence-electron chi connectivity index (χ4n) is 2.32. The summed E-state index contributed by atoms with van der Waals surface area (Å²) in [7, 11) is 0. The molecule has 1 saturated carbocycles. The smallest absolute Gasteiger partial charge is 0.243 e. The van der Waals surface area contributed by atoms with E-state index in [-0.39, 0.29) is 11.8 Å². The Labute approximate surface area is 117 Å². The van der Waals surface area contributed by atoms with Gasteiger partial charge in [-0.3, -0.25) is 4.79 Å². The van der Waals surface area contributed by atoms with Crippen molar-refractivity contribution in [3.8, 4) is 0 Å². The summed E-state index contributed by atoms with van der Waals surface area (Å²) in [6, 6.07) is 13.8. The molecule has 1 amide bonds. The van der Waals surface area contributed by atoms with Crippen LogP contribution in [-0.4, -0.2) is 12.1 Å². The van der Waals surface area contributed by atoms with E-state index in [0.29, 0.717) is 11.7 Å². The predicted molar refractivity (Wildman–Crippen MR) is 76.5 cm³/mol. The van der Waals surface area contributed by atoms with Crippen LogP contribution in [0.2, 0.25) is 0 Å². The van der Waals surface area contributed by atoms with Crippen molar-refractivity contribution < 1.29 is 9.21 Å². The molecule has 1 aliphatic carbocycles. The Morgan fingerprint density at radius 2 is 2.10 bits per heavy atom. The number of rotatable bonds is 4. The van der Waals surface area contributed by atoms with Gasteiger partial charge in [-0.2, -0.15) is 5.10 Å². The number of carbonyl (C=O) groups is 1. The van der Waals surface area contributed by atoms with Gasteiger partial charge in [0.05, 0.1) is 6.21 Å². The maximum atomic E-state index is 11.9. The van der Waals surface area contributed by atoms with Crippen LogP contribution in [0.3, 0.4) is 0 Å². The molecule has 0 unspecified atom stereocenters. The summed E-state index contributed by atoms with van der Waals surface area (Å²) in [6.07, 6.45) is 2.41. The topological polar surface area (TPSA) is 54.6 Å². The first-order chi connectivity index (χ1) is 9.74. The van der Waals surface area contributed by atoms with E-state index in [4.69, 9.17) is 4.42 Å². The second-order valence-electron chi connectivity index (χ2n) is 5.04. The van der Waals surface area contributed by atoms with Crippen LogP contribution in [0.1, 0.15) is 29.4 Å². The minimum absolute atomic E-state index is 0.0293. The van der Waals surface area contributed by atoms with Gasteiger partial charge in [0.1, 0.15) is 11.5 Å². The number of furan rings is 1. The van der Waals surface area contributed by atoms with Crippen LogP contribution in [0.4, 0.5) is 0 Å². The van der Waals surface area contributed by atoms with Crippen molar-refractivity contribution in [2.24, 2.45) is 11.0 Å². The molecule has 1 aliphatic rings. The second kappa shape index (κ2) is 5.33. The lowest BCUT2D eigenvalue weighted by atomic mass is 10.1. The average Bonchev–Trinajstić information content (AvgIpc) is 3.17. The maximum Gasteiger partial charge on any atom is 0.243 e. The summed E-state index contributed by atoms with van der Waals surface area (Å²) in [5, 5.41) is 3.93. The van der Waals surface area contributed by atoms with Gasteiger partial charge in [-0.15, -0.1) is 0 Å². The molecule has 2 aromatic rings. The Bertz CT molecular complexity index is 631. The third-order valence-corrected chi connectivity index (χ3v) is 3.48. The van der Waals surface area contributed by atoms with E-state index in [1.165, 1.54) is 11.8 Å². The van der Waals surface area contributed by atoms with E-state index < -0.39 is 0 Å². The first-order valence-electron chi connectivity index (χ1n) is 6.68. The fourth-order valence-corrected chi connectivity index (χ4v) is 2.32. The molecule has 0 saturated heterocycles. The largest absolute Gasteiger partial charge is 0.460 e.